The van der Waals surface area contributed by atoms with Crippen LogP contribution < -0.4 is 10.6 Å². The smallest absolute Gasteiger partial charge is 0.174 e. The summed E-state index contributed by atoms with van der Waals surface area (Å²) in [7, 11) is 1.84. The summed E-state index contributed by atoms with van der Waals surface area (Å²) in [6.07, 6.45) is 0. The van der Waals surface area contributed by atoms with Crippen LogP contribution in [0.25, 0.3) is 11.0 Å². The van der Waals surface area contributed by atoms with Crippen LogP contribution in [0, 0.1) is 6.92 Å². The van der Waals surface area contributed by atoms with E-state index in [0.717, 1.165) is 28.4 Å². The van der Waals surface area contributed by atoms with Gasteiger partial charge in [0.1, 0.15) is 13.6 Å². The molecule has 4 aromatic rings. The van der Waals surface area contributed by atoms with Crippen molar-refractivity contribution in [3.8, 4) is 0 Å². The van der Waals surface area contributed by atoms with Crippen molar-refractivity contribution in [3.63, 3.8) is 0 Å². The van der Waals surface area contributed by atoms with E-state index >= 15 is 0 Å². The maximum absolute atomic E-state index is 8.00. The predicted octanol–water partition coefficient (Wildman–Crippen LogP) is 6.07. The van der Waals surface area contributed by atoms with Crippen LogP contribution in [0.2, 0.25) is 0 Å². The summed E-state index contributed by atoms with van der Waals surface area (Å²) < 4.78 is 0. The van der Waals surface area contributed by atoms with Gasteiger partial charge in [-0.2, -0.15) is 0 Å². The van der Waals surface area contributed by atoms with Gasteiger partial charge >= 0.3 is 0 Å². The van der Waals surface area contributed by atoms with Gasteiger partial charge in [0.15, 0.2) is 11.6 Å². The lowest BCUT2D eigenvalue weighted by Crippen LogP contribution is -2.02. The van der Waals surface area contributed by atoms with Crippen LogP contribution in [0.15, 0.2) is 84.9 Å². The first kappa shape index (κ1) is 27.9. The SMILES string of the molecule is C=O.C=O.CC.CNc1nc2ccccc2nc1Nc1ccccc1.Cc1ccccc1. The van der Waals surface area contributed by atoms with E-state index in [1.807, 2.05) is 107 Å². The Morgan fingerprint density at radius 2 is 1.03 bits per heavy atom. The molecule has 0 aliphatic rings. The molecule has 0 saturated heterocycles. The Balaban J connectivity index is 0.000000619. The number of aromatic nitrogens is 2. The third-order valence-electron chi connectivity index (χ3n) is 3.78. The van der Waals surface area contributed by atoms with E-state index in [9.17, 15) is 0 Å². The summed E-state index contributed by atoms with van der Waals surface area (Å²) in [6, 6.07) is 28.0. The molecule has 32 heavy (non-hydrogen) atoms. The van der Waals surface area contributed by atoms with Gasteiger partial charge in [-0.05, 0) is 31.2 Å². The van der Waals surface area contributed by atoms with E-state index in [2.05, 4.69) is 39.7 Å². The molecule has 0 spiro atoms. The molecule has 4 rings (SSSR count). The Labute approximate surface area is 190 Å². The lowest BCUT2D eigenvalue weighted by molar-refractivity contribution is -0.0987. The van der Waals surface area contributed by atoms with E-state index in [0.29, 0.717) is 0 Å². The summed E-state index contributed by atoms with van der Waals surface area (Å²) in [4.78, 5) is 25.2. The van der Waals surface area contributed by atoms with Crippen LogP contribution in [0.4, 0.5) is 17.3 Å². The van der Waals surface area contributed by atoms with Crippen LogP contribution >= 0.6 is 0 Å². The number of nitrogens with one attached hydrogen (secondary N) is 2. The van der Waals surface area contributed by atoms with Gasteiger partial charge in [0.2, 0.25) is 0 Å². The van der Waals surface area contributed by atoms with Gasteiger partial charge in [-0.1, -0.05) is 80.1 Å². The number of anilines is 3. The summed E-state index contributed by atoms with van der Waals surface area (Å²) >= 11 is 0. The summed E-state index contributed by atoms with van der Waals surface area (Å²) in [5.41, 5.74) is 4.07. The molecule has 3 aromatic carbocycles. The molecule has 2 N–H and O–H groups in total. The molecular weight excluding hydrogens is 400 g/mol. The molecule has 0 radical (unpaired) electrons. The van der Waals surface area contributed by atoms with Gasteiger partial charge in [0.25, 0.3) is 0 Å². The molecule has 0 amide bonds. The maximum Gasteiger partial charge on any atom is 0.174 e. The highest BCUT2D eigenvalue weighted by Crippen LogP contribution is 2.24. The van der Waals surface area contributed by atoms with Crippen LogP contribution in [-0.4, -0.2) is 30.6 Å². The number of rotatable bonds is 3. The Morgan fingerprint density at radius 3 is 1.44 bits per heavy atom. The molecule has 0 aliphatic heterocycles. The second-order valence-corrected chi connectivity index (χ2v) is 5.81. The third kappa shape index (κ3) is 9.63. The van der Waals surface area contributed by atoms with Crippen LogP contribution in [0.5, 0.6) is 0 Å². The Bertz CT molecular complexity index is 994. The standard InChI is InChI=1S/C15H14N4.C7H8.C2H6.2CH2O/c1-16-14-15(17-11-7-3-2-4-8-11)19-13-10-6-5-9-12(13)18-14;1-7-5-3-2-4-6-7;3*1-2/h2-10H,1H3,(H,16,18)(H,17,19);2-6H,1H3;1-2H3;2*1H2. The first-order chi connectivity index (χ1) is 15.8. The molecular formula is C26H32N4O2. The number of para-hydroxylation sites is 3. The van der Waals surface area contributed by atoms with E-state index in [1.165, 1.54) is 5.56 Å². The normalized spacial score (nSPS) is 8.50. The van der Waals surface area contributed by atoms with Crippen molar-refractivity contribution in [2.75, 3.05) is 17.7 Å². The average molecular weight is 433 g/mol. The minimum absolute atomic E-state index is 0.729. The number of fused-ring (bicyclic) bond motifs is 1. The highest BCUT2D eigenvalue weighted by Gasteiger charge is 2.07. The van der Waals surface area contributed by atoms with Crippen LogP contribution in [0.3, 0.4) is 0 Å². The van der Waals surface area contributed by atoms with Gasteiger partial charge < -0.3 is 20.2 Å². The number of aryl methyl sites for hydroxylation is 1. The minimum atomic E-state index is 0.729. The molecule has 0 bridgehead atoms. The zero-order valence-corrected chi connectivity index (χ0v) is 19.2. The number of hydrogen-bond donors (Lipinski definition) is 2. The van der Waals surface area contributed by atoms with Crippen molar-refractivity contribution in [3.05, 3.63) is 90.5 Å². The number of benzene rings is 3. The first-order valence-corrected chi connectivity index (χ1v) is 10.1. The van der Waals surface area contributed by atoms with Crippen LogP contribution in [0.1, 0.15) is 19.4 Å². The van der Waals surface area contributed by atoms with Gasteiger partial charge in [0.05, 0.1) is 11.0 Å². The molecule has 0 saturated carbocycles. The Hall–Kier alpha value is -4.06. The van der Waals surface area contributed by atoms with Crippen molar-refractivity contribution in [2.24, 2.45) is 0 Å². The quantitative estimate of drug-likeness (QED) is 0.409. The van der Waals surface area contributed by atoms with E-state index in [1.54, 1.807) is 0 Å². The molecule has 1 heterocycles. The number of carbonyl (C=O) groups excluding carboxylic acids is 2. The lowest BCUT2D eigenvalue weighted by Gasteiger charge is -2.11. The average Bonchev–Trinajstić information content (AvgIpc) is 2.89. The highest BCUT2D eigenvalue weighted by molar-refractivity contribution is 5.81. The number of carbonyl (C=O) groups is 2. The Kier molecular flexibility index (Phi) is 15.5. The van der Waals surface area contributed by atoms with Crippen molar-refractivity contribution < 1.29 is 9.59 Å². The van der Waals surface area contributed by atoms with Crippen molar-refractivity contribution in [1.82, 2.24) is 9.97 Å². The van der Waals surface area contributed by atoms with E-state index in [-0.39, 0.29) is 0 Å². The molecule has 1 aromatic heterocycles. The first-order valence-electron chi connectivity index (χ1n) is 10.1. The molecule has 6 nitrogen and oxygen atoms in total. The van der Waals surface area contributed by atoms with Gasteiger partial charge in [-0.15, -0.1) is 0 Å². The largest absolute Gasteiger partial charge is 0.370 e. The molecule has 0 fully saturated rings. The van der Waals surface area contributed by atoms with Crippen molar-refractivity contribution in [1.29, 1.82) is 0 Å². The summed E-state index contributed by atoms with van der Waals surface area (Å²) in [5.74, 6) is 1.47. The van der Waals surface area contributed by atoms with Gasteiger partial charge in [0, 0.05) is 12.7 Å². The van der Waals surface area contributed by atoms with Crippen molar-refractivity contribution >= 4 is 41.9 Å². The summed E-state index contributed by atoms with van der Waals surface area (Å²) in [5, 5.41) is 6.35. The van der Waals surface area contributed by atoms with E-state index < -0.39 is 0 Å². The highest BCUT2D eigenvalue weighted by atomic mass is 16.1. The van der Waals surface area contributed by atoms with Crippen LogP contribution in [-0.2, 0) is 9.59 Å². The third-order valence-corrected chi connectivity index (χ3v) is 3.78. The molecule has 0 unspecified atom stereocenters. The van der Waals surface area contributed by atoms with E-state index in [4.69, 9.17) is 9.59 Å². The maximum atomic E-state index is 8.00. The fourth-order valence-electron chi connectivity index (χ4n) is 2.45. The summed E-state index contributed by atoms with van der Waals surface area (Å²) in [6.45, 7) is 10.1. The predicted molar refractivity (Wildman–Crippen MR) is 136 cm³/mol. The zero-order chi connectivity index (χ0) is 24.2. The topological polar surface area (TPSA) is 84.0 Å². The number of nitrogens with zero attached hydrogens (tertiary/aromatic N) is 2. The molecule has 6 heteroatoms. The molecule has 0 aliphatic carbocycles. The van der Waals surface area contributed by atoms with Crippen molar-refractivity contribution in [2.45, 2.75) is 20.8 Å². The minimum Gasteiger partial charge on any atom is -0.370 e. The van der Waals surface area contributed by atoms with Gasteiger partial charge in [-0.3, -0.25) is 0 Å². The fourth-order valence-corrected chi connectivity index (χ4v) is 2.45. The second kappa shape index (κ2) is 17.8. The molecule has 0 atom stereocenters. The van der Waals surface area contributed by atoms with Gasteiger partial charge in [-0.25, -0.2) is 9.97 Å². The lowest BCUT2D eigenvalue weighted by atomic mass is 10.2. The zero-order valence-electron chi connectivity index (χ0n) is 19.2. The molecule has 168 valence electrons. The fraction of sp³-hybridized carbons (Fsp3) is 0.154. The number of hydrogen-bond acceptors (Lipinski definition) is 6. The monoisotopic (exact) mass is 432 g/mol. The second-order valence-electron chi connectivity index (χ2n) is 5.81. The Morgan fingerprint density at radius 1 is 0.625 bits per heavy atom.